The lowest BCUT2D eigenvalue weighted by Gasteiger charge is -2.02. The number of hydrogen-bond acceptors (Lipinski definition) is 2. The SMILES string of the molecule is CC.Cc1c(CO)[n+](O)cc2cc(F)ccc12. The van der Waals surface area contributed by atoms with Gasteiger partial charge in [-0.15, -0.1) is 0 Å². The summed E-state index contributed by atoms with van der Waals surface area (Å²) in [5.41, 5.74) is 1.16. The molecule has 2 N–H and O–H groups in total. The van der Waals surface area contributed by atoms with Crippen molar-refractivity contribution in [2.45, 2.75) is 27.4 Å². The summed E-state index contributed by atoms with van der Waals surface area (Å²) < 4.78 is 13.8. The van der Waals surface area contributed by atoms with Crippen molar-refractivity contribution in [3.05, 3.63) is 41.5 Å². The van der Waals surface area contributed by atoms with Crippen LogP contribution in [0.4, 0.5) is 4.39 Å². The topological polar surface area (TPSA) is 44.3 Å². The third kappa shape index (κ3) is 2.53. The monoisotopic (exact) mass is 238 g/mol. The van der Waals surface area contributed by atoms with E-state index >= 15 is 0 Å². The van der Waals surface area contributed by atoms with E-state index < -0.39 is 0 Å². The lowest BCUT2D eigenvalue weighted by Crippen LogP contribution is -2.36. The molecular formula is C13H17FNO2+. The van der Waals surface area contributed by atoms with Crippen LogP contribution in [0.25, 0.3) is 10.8 Å². The fourth-order valence-corrected chi connectivity index (χ4v) is 1.71. The molecule has 0 saturated heterocycles. The molecule has 0 radical (unpaired) electrons. The number of aryl methyl sites for hydroxylation is 1. The Morgan fingerprint density at radius 3 is 2.53 bits per heavy atom. The van der Waals surface area contributed by atoms with Gasteiger partial charge in [-0.2, -0.15) is 0 Å². The number of halogens is 1. The zero-order valence-corrected chi connectivity index (χ0v) is 10.2. The molecule has 17 heavy (non-hydrogen) atoms. The maximum absolute atomic E-state index is 12.9. The van der Waals surface area contributed by atoms with Crippen LogP contribution in [-0.2, 0) is 6.61 Å². The van der Waals surface area contributed by atoms with E-state index in [4.69, 9.17) is 5.11 Å². The van der Waals surface area contributed by atoms with Crippen LogP contribution in [0.3, 0.4) is 0 Å². The van der Waals surface area contributed by atoms with E-state index in [0.29, 0.717) is 11.1 Å². The summed E-state index contributed by atoms with van der Waals surface area (Å²) in [6.45, 7) is 5.52. The molecule has 92 valence electrons. The average Bonchev–Trinajstić information content (AvgIpc) is 2.31. The van der Waals surface area contributed by atoms with Gasteiger partial charge in [0.25, 0.3) is 5.69 Å². The molecule has 0 unspecified atom stereocenters. The average molecular weight is 238 g/mol. The van der Waals surface area contributed by atoms with Gasteiger partial charge in [-0.3, -0.25) is 5.21 Å². The highest BCUT2D eigenvalue weighted by Crippen LogP contribution is 2.19. The highest BCUT2D eigenvalue weighted by Gasteiger charge is 2.16. The first-order valence-corrected chi connectivity index (χ1v) is 5.57. The third-order valence-corrected chi connectivity index (χ3v) is 2.54. The standard InChI is InChI=1S/C11H11FNO2.C2H6/c1-7-10-3-2-9(12)4-8(10)5-13(15)11(7)6-14;1-2/h2-5,14-15H,6H2,1H3;1-2H3/q+1;. The van der Waals surface area contributed by atoms with E-state index in [0.717, 1.165) is 15.7 Å². The number of nitrogens with zero attached hydrogens (tertiary/aromatic N) is 1. The predicted octanol–water partition coefficient (Wildman–Crippen LogP) is 2.33. The number of hydrogen-bond donors (Lipinski definition) is 2. The molecule has 0 bridgehead atoms. The number of aliphatic hydroxyl groups excluding tert-OH is 1. The Hall–Kier alpha value is -1.68. The van der Waals surface area contributed by atoms with Gasteiger partial charge in [0.2, 0.25) is 6.20 Å². The quantitative estimate of drug-likeness (QED) is 0.591. The normalized spacial score (nSPS) is 9.94. The minimum atomic E-state index is -0.348. The molecule has 0 amide bonds. The number of benzene rings is 1. The molecule has 0 saturated carbocycles. The Labute approximate surface area is 99.7 Å². The molecule has 4 heteroatoms. The molecule has 0 spiro atoms. The largest absolute Gasteiger partial charge is 0.385 e. The second-order valence-electron chi connectivity index (χ2n) is 3.44. The van der Waals surface area contributed by atoms with Crippen molar-refractivity contribution in [1.82, 2.24) is 0 Å². The number of aromatic nitrogens is 1. The molecular weight excluding hydrogens is 221 g/mol. The van der Waals surface area contributed by atoms with Crippen molar-refractivity contribution >= 4 is 10.8 Å². The van der Waals surface area contributed by atoms with E-state index in [1.165, 1.54) is 18.3 Å². The van der Waals surface area contributed by atoms with Gasteiger partial charge in [-0.25, -0.2) is 4.39 Å². The summed E-state index contributed by atoms with van der Waals surface area (Å²) in [7, 11) is 0. The first kappa shape index (κ1) is 13.4. The van der Waals surface area contributed by atoms with Crippen LogP contribution in [0.5, 0.6) is 0 Å². The van der Waals surface area contributed by atoms with Crippen molar-refractivity contribution < 1.29 is 19.4 Å². The fourth-order valence-electron chi connectivity index (χ4n) is 1.71. The first-order chi connectivity index (χ1) is 8.13. The third-order valence-electron chi connectivity index (χ3n) is 2.54. The summed E-state index contributed by atoms with van der Waals surface area (Å²) >= 11 is 0. The Balaban J connectivity index is 0.000000686. The van der Waals surface area contributed by atoms with Gasteiger partial charge >= 0.3 is 0 Å². The van der Waals surface area contributed by atoms with Crippen molar-refractivity contribution in [1.29, 1.82) is 0 Å². The molecule has 0 atom stereocenters. The van der Waals surface area contributed by atoms with Gasteiger partial charge < -0.3 is 5.11 Å². The summed E-state index contributed by atoms with van der Waals surface area (Å²) in [5, 5.41) is 20.0. The minimum absolute atomic E-state index is 0.254. The zero-order chi connectivity index (χ0) is 13.0. The molecule has 2 aromatic rings. The van der Waals surface area contributed by atoms with Crippen LogP contribution in [-0.4, -0.2) is 10.3 Å². The second kappa shape index (κ2) is 5.59. The molecule has 0 aliphatic heterocycles. The van der Waals surface area contributed by atoms with Crippen molar-refractivity contribution in [3.63, 3.8) is 0 Å². The minimum Gasteiger partial charge on any atom is -0.385 e. The predicted molar refractivity (Wildman–Crippen MR) is 63.3 cm³/mol. The first-order valence-electron chi connectivity index (χ1n) is 5.57. The lowest BCUT2D eigenvalue weighted by atomic mass is 10.1. The summed E-state index contributed by atoms with van der Waals surface area (Å²) in [6.07, 6.45) is 1.39. The van der Waals surface area contributed by atoms with Gasteiger partial charge in [-0.05, 0) is 24.4 Å². The zero-order valence-electron chi connectivity index (χ0n) is 10.2. The van der Waals surface area contributed by atoms with Crippen LogP contribution in [0.2, 0.25) is 0 Å². The Morgan fingerprint density at radius 2 is 1.94 bits per heavy atom. The van der Waals surface area contributed by atoms with Gasteiger partial charge in [-0.1, -0.05) is 19.9 Å². The summed E-state index contributed by atoms with van der Waals surface area (Å²) in [6, 6.07) is 4.34. The molecule has 0 aliphatic rings. The van der Waals surface area contributed by atoms with Crippen LogP contribution in [0, 0.1) is 12.7 Å². The van der Waals surface area contributed by atoms with Gasteiger partial charge in [0.1, 0.15) is 12.4 Å². The molecule has 0 aliphatic carbocycles. The Morgan fingerprint density at radius 1 is 1.29 bits per heavy atom. The lowest BCUT2D eigenvalue weighted by molar-refractivity contribution is -0.909. The van der Waals surface area contributed by atoms with Crippen LogP contribution < -0.4 is 4.73 Å². The second-order valence-corrected chi connectivity index (χ2v) is 3.44. The van der Waals surface area contributed by atoms with Gasteiger partial charge in [0.05, 0.1) is 5.39 Å². The van der Waals surface area contributed by atoms with Crippen molar-refractivity contribution in [2.24, 2.45) is 0 Å². The fraction of sp³-hybridized carbons (Fsp3) is 0.308. The van der Waals surface area contributed by atoms with Crippen LogP contribution in [0.15, 0.2) is 24.4 Å². The van der Waals surface area contributed by atoms with E-state index in [1.54, 1.807) is 13.0 Å². The van der Waals surface area contributed by atoms with Gasteiger partial charge in [0, 0.05) is 10.3 Å². The van der Waals surface area contributed by atoms with Crippen LogP contribution >= 0.6 is 0 Å². The highest BCUT2D eigenvalue weighted by molar-refractivity contribution is 5.84. The Bertz CT molecular complexity index is 526. The molecule has 0 fully saturated rings. The molecule has 3 nitrogen and oxygen atoms in total. The number of fused-ring (bicyclic) bond motifs is 1. The number of aliphatic hydroxyl groups is 1. The molecule has 1 aromatic heterocycles. The number of rotatable bonds is 1. The maximum Gasteiger partial charge on any atom is 0.262 e. The van der Waals surface area contributed by atoms with E-state index in [1.807, 2.05) is 13.8 Å². The molecule has 1 heterocycles. The number of pyridine rings is 1. The van der Waals surface area contributed by atoms with E-state index in [9.17, 15) is 9.60 Å². The van der Waals surface area contributed by atoms with E-state index in [2.05, 4.69) is 0 Å². The van der Waals surface area contributed by atoms with Gasteiger partial charge in [0.15, 0.2) is 0 Å². The smallest absolute Gasteiger partial charge is 0.262 e. The highest BCUT2D eigenvalue weighted by atomic mass is 19.1. The van der Waals surface area contributed by atoms with E-state index in [-0.39, 0.29) is 12.4 Å². The Kier molecular flexibility index (Phi) is 4.40. The van der Waals surface area contributed by atoms with Crippen molar-refractivity contribution in [3.8, 4) is 0 Å². The van der Waals surface area contributed by atoms with Crippen LogP contribution in [0.1, 0.15) is 25.1 Å². The molecule has 2 rings (SSSR count). The maximum atomic E-state index is 12.9. The summed E-state index contributed by atoms with van der Waals surface area (Å²) in [4.78, 5) is 0. The van der Waals surface area contributed by atoms with Crippen molar-refractivity contribution in [2.75, 3.05) is 0 Å². The molecule has 1 aromatic carbocycles. The summed E-state index contributed by atoms with van der Waals surface area (Å²) in [5.74, 6) is -0.348.